The molecular formula is C13H20N4O2S2. The van der Waals surface area contributed by atoms with Crippen molar-refractivity contribution in [3.63, 3.8) is 0 Å². The van der Waals surface area contributed by atoms with E-state index in [1.54, 1.807) is 18.4 Å². The molecule has 116 valence electrons. The monoisotopic (exact) mass is 328 g/mol. The first-order chi connectivity index (χ1) is 10.0. The van der Waals surface area contributed by atoms with E-state index < -0.39 is 10.0 Å². The minimum atomic E-state index is -3.60. The van der Waals surface area contributed by atoms with Crippen molar-refractivity contribution in [2.75, 3.05) is 13.6 Å². The van der Waals surface area contributed by atoms with Gasteiger partial charge in [0.15, 0.2) is 5.03 Å². The Balaban J connectivity index is 2.35. The molecular weight excluding hydrogens is 308 g/mol. The molecule has 0 aliphatic heterocycles. The van der Waals surface area contributed by atoms with Crippen LogP contribution < -0.4 is 5.32 Å². The number of hydrogen-bond donors (Lipinski definition) is 2. The Morgan fingerprint density at radius 3 is 2.81 bits per heavy atom. The SMILES string of the molecule is CCN(Cc1cccs1)S(=O)(=O)c1n[nH]c(C)c1CNC. The van der Waals surface area contributed by atoms with Crippen LogP contribution in [0.25, 0.3) is 0 Å². The van der Waals surface area contributed by atoms with E-state index in [4.69, 9.17) is 0 Å². The smallest absolute Gasteiger partial charge is 0.263 e. The van der Waals surface area contributed by atoms with Crippen molar-refractivity contribution in [3.8, 4) is 0 Å². The van der Waals surface area contributed by atoms with E-state index in [0.717, 1.165) is 10.6 Å². The molecule has 0 atom stereocenters. The predicted octanol–water partition coefficient (Wildman–Crippen LogP) is 1.71. The molecule has 2 heterocycles. The molecule has 2 rings (SSSR count). The first-order valence-electron chi connectivity index (χ1n) is 6.71. The fourth-order valence-electron chi connectivity index (χ4n) is 2.09. The Labute approximate surface area is 129 Å². The lowest BCUT2D eigenvalue weighted by Crippen LogP contribution is -2.31. The van der Waals surface area contributed by atoms with Crippen LogP contribution in [0.3, 0.4) is 0 Å². The number of thiophene rings is 1. The lowest BCUT2D eigenvalue weighted by Gasteiger charge is -2.19. The first kappa shape index (κ1) is 16.2. The highest BCUT2D eigenvalue weighted by Crippen LogP contribution is 2.23. The summed E-state index contributed by atoms with van der Waals surface area (Å²) >= 11 is 1.55. The van der Waals surface area contributed by atoms with Crippen LogP contribution in [0.2, 0.25) is 0 Å². The maximum absolute atomic E-state index is 12.8. The molecule has 21 heavy (non-hydrogen) atoms. The second kappa shape index (κ2) is 6.69. The van der Waals surface area contributed by atoms with Gasteiger partial charge in [-0.05, 0) is 25.4 Å². The standard InChI is InChI=1S/C13H20N4O2S2/c1-4-17(9-11-6-5-7-20-11)21(18,19)13-12(8-14-3)10(2)15-16-13/h5-7,14H,4,8-9H2,1-3H3,(H,15,16). The van der Waals surface area contributed by atoms with E-state index in [1.807, 2.05) is 31.4 Å². The van der Waals surface area contributed by atoms with Crippen molar-refractivity contribution in [2.24, 2.45) is 0 Å². The molecule has 0 aromatic carbocycles. The third-order valence-electron chi connectivity index (χ3n) is 3.24. The van der Waals surface area contributed by atoms with E-state index in [0.29, 0.717) is 25.2 Å². The second-order valence-corrected chi connectivity index (χ2v) is 7.56. The zero-order valence-corrected chi connectivity index (χ0v) is 14.0. The third kappa shape index (κ3) is 3.34. The molecule has 0 bridgehead atoms. The predicted molar refractivity (Wildman–Crippen MR) is 83.7 cm³/mol. The summed E-state index contributed by atoms with van der Waals surface area (Å²) in [5.74, 6) is 0. The van der Waals surface area contributed by atoms with Crippen molar-refractivity contribution in [3.05, 3.63) is 33.6 Å². The van der Waals surface area contributed by atoms with E-state index in [2.05, 4.69) is 15.5 Å². The summed E-state index contributed by atoms with van der Waals surface area (Å²) in [6.07, 6.45) is 0. The summed E-state index contributed by atoms with van der Waals surface area (Å²) < 4.78 is 27.1. The lowest BCUT2D eigenvalue weighted by atomic mass is 10.3. The van der Waals surface area contributed by atoms with Gasteiger partial charge in [0.05, 0.1) is 0 Å². The summed E-state index contributed by atoms with van der Waals surface area (Å²) in [6, 6.07) is 3.86. The third-order valence-corrected chi connectivity index (χ3v) is 5.99. The maximum Gasteiger partial charge on any atom is 0.263 e. The number of hydrogen-bond acceptors (Lipinski definition) is 5. The van der Waals surface area contributed by atoms with Crippen molar-refractivity contribution in [2.45, 2.75) is 32.0 Å². The topological polar surface area (TPSA) is 78.1 Å². The van der Waals surface area contributed by atoms with Crippen LogP contribution in [0.4, 0.5) is 0 Å². The van der Waals surface area contributed by atoms with Gasteiger partial charge in [-0.25, -0.2) is 8.42 Å². The van der Waals surface area contributed by atoms with Gasteiger partial charge in [-0.1, -0.05) is 13.0 Å². The van der Waals surface area contributed by atoms with Gasteiger partial charge in [0.1, 0.15) is 0 Å². The molecule has 0 amide bonds. The number of nitrogens with one attached hydrogen (secondary N) is 2. The highest BCUT2D eigenvalue weighted by atomic mass is 32.2. The van der Waals surface area contributed by atoms with Gasteiger partial charge in [-0.15, -0.1) is 11.3 Å². The first-order valence-corrected chi connectivity index (χ1v) is 9.03. The summed E-state index contributed by atoms with van der Waals surface area (Å²) in [7, 11) is -1.82. The molecule has 0 saturated heterocycles. The van der Waals surface area contributed by atoms with E-state index in [1.165, 1.54) is 4.31 Å². The van der Waals surface area contributed by atoms with Crippen molar-refractivity contribution < 1.29 is 8.42 Å². The Morgan fingerprint density at radius 1 is 1.48 bits per heavy atom. The van der Waals surface area contributed by atoms with Crippen molar-refractivity contribution in [1.29, 1.82) is 0 Å². The molecule has 6 nitrogen and oxygen atoms in total. The fourth-order valence-corrected chi connectivity index (χ4v) is 4.49. The molecule has 0 aliphatic rings. The summed E-state index contributed by atoms with van der Waals surface area (Å²) in [5.41, 5.74) is 1.47. The number of H-pyrrole nitrogens is 1. The van der Waals surface area contributed by atoms with Crippen LogP contribution in [0, 0.1) is 6.92 Å². The summed E-state index contributed by atoms with van der Waals surface area (Å²) in [4.78, 5) is 1.02. The van der Waals surface area contributed by atoms with Gasteiger partial charge in [-0.3, -0.25) is 5.10 Å². The minimum Gasteiger partial charge on any atom is -0.316 e. The molecule has 8 heteroatoms. The van der Waals surface area contributed by atoms with Gasteiger partial charge in [0, 0.05) is 35.8 Å². The highest BCUT2D eigenvalue weighted by molar-refractivity contribution is 7.89. The Hall–Kier alpha value is -1.22. The van der Waals surface area contributed by atoms with Gasteiger partial charge in [-0.2, -0.15) is 9.40 Å². The van der Waals surface area contributed by atoms with E-state index in [-0.39, 0.29) is 5.03 Å². The lowest BCUT2D eigenvalue weighted by molar-refractivity contribution is 0.423. The molecule has 0 spiro atoms. The number of aromatic nitrogens is 2. The normalized spacial score (nSPS) is 12.2. The molecule has 2 aromatic rings. The molecule has 0 aliphatic carbocycles. The molecule has 0 fully saturated rings. The van der Waals surface area contributed by atoms with Crippen LogP contribution in [0.1, 0.15) is 23.1 Å². The van der Waals surface area contributed by atoms with Gasteiger partial charge < -0.3 is 5.32 Å². The largest absolute Gasteiger partial charge is 0.316 e. The second-order valence-electron chi connectivity index (χ2n) is 4.67. The quantitative estimate of drug-likeness (QED) is 0.811. The van der Waals surface area contributed by atoms with E-state index in [9.17, 15) is 8.42 Å². The molecule has 0 radical (unpaired) electrons. The van der Waals surface area contributed by atoms with Crippen molar-refractivity contribution in [1.82, 2.24) is 19.8 Å². The summed E-state index contributed by atoms with van der Waals surface area (Å²) in [5, 5.41) is 11.8. The number of rotatable bonds is 7. The van der Waals surface area contributed by atoms with Gasteiger partial charge in [0.2, 0.25) is 0 Å². The minimum absolute atomic E-state index is 0.118. The highest BCUT2D eigenvalue weighted by Gasteiger charge is 2.29. The Kier molecular flexibility index (Phi) is 5.15. The van der Waals surface area contributed by atoms with Crippen LogP contribution in [-0.4, -0.2) is 36.5 Å². The number of aromatic amines is 1. The zero-order chi connectivity index (χ0) is 15.5. The van der Waals surface area contributed by atoms with Gasteiger partial charge in [0.25, 0.3) is 10.0 Å². The molecule has 2 aromatic heterocycles. The number of aryl methyl sites for hydroxylation is 1. The van der Waals surface area contributed by atoms with Gasteiger partial charge >= 0.3 is 0 Å². The average molecular weight is 328 g/mol. The maximum atomic E-state index is 12.8. The van der Waals surface area contributed by atoms with Crippen molar-refractivity contribution >= 4 is 21.4 Å². The number of nitrogens with zero attached hydrogens (tertiary/aromatic N) is 2. The Morgan fingerprint density at radius 2 is 2.24 bits per heavy atom. The molecule has 2 N–H and O–H groups in total. The fraction of sp³-hybridized carbons (Fsp3) is 0.462. The summed E-state index contributed by atoms with van der Waals surface area (Å²) in [6.45, 7) is 4.91. The van der Waals surface area contributed by atoms with Crippen LogP contribution in [0.5, 0.6) is 0 Å². The van der Waals surface area contributed by atoms with Crippen LogP contribution in [-0.2, 0) is 23.1 Å². The van der Waals surface area contributed by atoms with Crippen LogP contribution in [0.15, 0.2) is 22.5 Å². The Bertz CT molecular complexity index is 677. The van der Waals surface area contributed by atoms with E-state index >= 15 is 0 Å². The average Bonchev–Trinajstić information content (AvgIpc) is 3.07. The number of sulfonamides is 1. The zero-order valence-electron chi connectivity index (χ0n) is 12.4. The van der Waals surface area contributed by atoms with Crippen LogP contribution >= 0.6 is 11.3 Å². The molecule has 0 unspecified atom stereocenters. The molecule has 0 saturated carbocycles.